The van der Waals surface area contributed by atoms with Crippen molar-refractivity contribution in [2.45, 2.75) is 25.3 Å². The van der Waals surface area contributed by atoms with Crippen LogP contribution < -0.4 is 0 Å². The first kappa shape index (κ1) is 13.4. The van der Waals surface area contributed by atoms with Crippen molar-refractivity contribution in [1.82, 2.24) is 9.80 Å². The van der Waals surface area contributed by atoms with Crippen LogP contribution >= 0.6 is 0 Å². The van der Waals surface area contributed by atoms with Gasteiger partial charge < -0.3 is 10.0 Å². The van der Waals surface area contributed by atoms with E-state index in [4.69, 9.17) is 0 Å². The zero-order valence-electron chi connectivity index (χ0n) is 11.4. The largest absolute Gasteiger partial charge is 0.505 e. The van der Waals surface area contributed by atoms with Crippen molar-refractivity contribution in [2.24, 2.45) is 0 Å². The van der Waals surface area contributed by atoms with Crippen LogP contribution in [0.3, 0.4) is 0 Å². The van der Waals surface area contributed by atoms with E-state index >= 15 is 0 Å². The number of phenols is 1. The van der Waals surface area contributed by atoms with Gasteiger partial charge in [0.05, 0.1) is 0 Å². The Kier molecular flexibility index (Phi) is 3.61. The Bertz CT molecular complexity index is 509. The van der Waals surface area contributed by atoms with Crippen molar-refractivity contribution >= 4 is 5.91 Å². The predicted molar refractivity (Wildman–Crippen MR) is 73.2 cm³/mol. The minimum Gasteiger partial charge on any atom is -0.505 e. The molecule has 108 valence electrons. The molecule has 0 unspecified atom stereocenters. The number of carbonyl (C=O) groups excluding carboxylic acids is 1. The molecule has 0 saturated carbocycles. The second-order valence-electron chi connectivity index (χ2n) is 5.63. The first-order chi connectivity index (χ1) is 9.65. The summed E-state index contributed by atoms with van der Waals surface area (Å²) in [6, 6.07) is 4.22. The zero-order valence-corrected chi connectivity index (χ0v) is 11.4. The van der Waals surface area contributed by atoms with Gasteiger partial charge in [-0.25, -0.2) is 4.39 Å². The fourth-order valence-corrected chi connectivity index (χ4v) is 2.96. The third-order valence-electron chi connectivity index (χ3n) is 4.25. The first-order valence-electron chi connectivity index (χ1n) is 7.17. The molecule has 0 atom stereocenters. The molecule has 0 radical (unpaired) electrons. The lowest BCUT2D eigenvalue weighted by Gasteiger charge is -2.46. The second kappa shape index (κ2) is 5.40. The van der Waals surface area contributed by atoms with Gasteiger partial charge in [-0.05, 0) is 44.1 Å². The molecule has 0 aromatic heterocycles. The number of rotatable bonds is 2. The van der Waals surface area contributed by atoms with E-state index in [9.17, 15) is 14.3 Å². The molecular formula is C15H19FN2O2. The van der Waals surface area contributed by atoms with Crippen LogP contribution in [0.1, 0.15) is 29.6 Å². The van der Waals surface area contributed by atoms with Crippen LogP contribution in [0.4, 0.5) is 4.39 Å². The van der Waals surface area contributed by atoms with Crippen molar-refractivity contribution in [3.8, 4) is 5.75 Å². The Balaban J connectivity index is 1.58. The van der Waals surface area contributed by atoms with Crippen molar-refractivity contribution in [3.05, 3.63) is 29.6 Å². The molecule has 0 bridgehead atoms. The molecule has 1 aromatic rings. The highest BCUT2D eigenvalue weighted by Crippen LogP contribution is 2.23. The molecule has 2 fully saturated rings. The van der Waals surface area contributed by atoms with E-state index in [1.807, 2.05) is 0 Å². The van der Waals surface area contributed by atoms with Crippen LogP contribution in [-0.2, 0) is 0 Å². The maximum absolute atomic E-state index is 13.0. The van der Waals surface area contributed by atoms with Gasteiger partial charge in [0.1, 0.15) is 0 Å². The summed E-state index contributed by atoms with van der Waals surface area (Å²) in [6.45, 7) is 3.72. The molecule has 1 aromatic carbocycles. The minimum atomic E-state index is -0.698. The Morgan fingerprint density at radius 1 is 1.20 bits per heavy atom. The van der Waals surface area contributed by atoms with Gasteiger partial charge >= 0.3 is 0 Å². The smallest absolute Gasteiger partial charge is 0.254 e. The van der Waals surface area contributed by atoms with E-state index in [0.717, 1.165) is 32.2 Å². The predicted octanol–water partition coefficient (Wildman–Crippen LogP) is 1.84. The quantitative estimate of drug-likeness (QED) is 0.897. The Hall–Kier alpha value is -1.62. The molecule has 2 heterocycles. The fourth-order valence-electron chi connectivity index (χ4n) is 2.96. The molecular weight excluding hydrogens is 259 g/mol. The summed E-state index contributed by atoms with van der Waals surface area (Å²) in [4.78, 5) is 16.4. The minimum absolute atomic E-state index is 0.131. The lowest BCUT2D eigenvalue weighted by atomic mass is 10.0. The van der Waals surface area contributed by atoms with Gasteiger partial charge in [0.25, 0.3) is 5.91 Å². The molecule has 2 saturated heterocycles. The number of nitrogens with zero attached hydrogens (tertiary/aromatic N) is 2. The number of aromatic hydroxyl groups is 1. The second-order valence-corrected chi connectivity index (χ2v) is 5.63. The first-order valence-corrected chi connectivity index (χ1v) is 7.17. The Morgan fingerprint density at radius 3 is 2.55 bits per heavy atom. The fraction of sp³-hybridized carbons (Fsp3) is 0.533. The van der Waals surface area contributed by atoms with E-state index in [2.05, 4.69) is 4.90 Å². The average molecular weight is 278 g/mol. The standard InChI is InChI=1S/C15H19FN2O2/c16-13-5-4-11(8-14(13)19)15(20)18-9-12(10-18)17-6-2-1-3-7-17/h4-5,8,12,19H,1-3,6-7,9-10H2. The number of carbonyl (C=O) groups is 1. The topological polar surface area (TPSA) is 43.8 Å². The van der Waals surface area contributed by atoms with Crippen molar-refractivity contribution in [1.29, 1.82) is 0 Å². The molecule has 3 rings (SSSR count). The van der Waals surface area contributed by atoms with Crippen LogP contribution in [-0.4, -0.2) is 53.0 Å². The van der Waals surface area contributed by atoms with Crippen molar-refractivity contribution < 1.29 is 14.3 Å². The third kappa shape index (κ3) is 2.50. The normalized spacial score (nSPS) is 20.8. The zero-order chi connectivity index (χ0) is 14.1. The highest BCUT2D eigenvalue weighted by molar-refractivity contribution is 5.95. The third-order valence-corrected chi connectivity index (χ3v) is 4.25. The number of hydrogen-bond acceptors (Lipinski definition) is 3. The number of halogens is 1. The number of piperidine rings is 1. The van der Waals surface area contributed by atoms with Crippen molar-refractivity contribution in [3.63, 3.8) is 0 Å². The highest BCUT2D eigenvalue weighted by Gasteiger charge is 2.35. The maximum Gasteiger partial charge on any atom is 0.254 e. The molecule has 20 heavy (non-hydrogen) atoms. The summed E-state index contributed by atoms with van der Waals surface area (Å²) < 4.78 is 13.0. The van der Waals surface area contributed by atoms with Crippen molar-refractivity contribution in [2.75, 3.05) is 26.2 Å². The Labute approximate surface area is 117 Å². The van der Waals surface area contributed by atoms with Crippen LogP contribution in [0.25, 0.3) is 0 Å². The van der Waals surface area contributed by atoms with Gasteiger partial charge in [0.15, 0.2) is 11.6 Å². The molecule has 1 N–H and O–H groups in total. The van der Waals surface area contributed by atoms with E-state index in [0.29, 0.717) is 11.6 Å². The molecule has 4 nitrogen and oxygen atoms in total. The molecule has 2 aliphatic heterocycles. The molecule has 0 aliphatic carbocycles. The summed E-state index contributed by atoms with van der Waals surface area (Å²) in [7, 11) is 0. The van der Waals surface area contributed by atoms with Gasteiger partial charge in [-0.15, -0.1) is 0 Å². The number of amides is 1. The summed E-state index contributed by atoms with van der Waals surface area (Å²) in [5, 5.41) is 9.32. The maximum atomic E-state index is 13.0. The van der Waals surface area contributed by atoms with Gasteiger partial charge in [-0.3, -0.25) is 9.69 Å². The summed E-state index contributed by atoms with van der Waals surface area (Å²) in [5.74, 6) is -1.30. The monoisotopic (exact) mass is 278 g/mol. The lowest BCUT2D eigenvalue weighted by molar-refractivity contribution is 0.0203. The van der Waals surface area contributed by atoms with E-state index < -0.39 is 11.6 Å². The van der Waals surface area contributed by atoms with Gasteiger partial charge in [-0.2, -0.15) is 0 Å². The molecule has 2 aliphatic rings. The van der Waals surface area contributed by atoms with Crippen LogP contribution in [0.15, 0.2) is 18.2 Å². The molecule has 0 spiro atoms. The lowest BCUT2D eigenvalue weighted by Crippen LogP contribution is -2.61. The summed E-state index contributed by atoms with van der Waals surface area (Å²) >= 11 is 0. The van der Waals surface area contributed by atoms with E-state index in [1.165, 1.54) is 31.4 Å². The van der Waals surface area contributed by atoms with Crippen LogP contribution in [0, 0.1) is 5.82 Å². The van der Waals surface area contributed by atoms with Crippen LogP contribution in [0.5, 0.6) is 5.75 Å². The highest BCUT2D eigenvalue weighted by atomic mass is 19.1. The average Bonchev–Trinajstić information content (AvgIpc) is 2.41. The molecule has 1 amide bonds. The Morgan fingerprint density at radius 2 is 1.90 bits per heavy atom. The van der Waals surface area contributed by atoms with Gasteiger partial charge in [-0.1, -0.05) is 6.42 Å². The van der Waals surface area contributed by atoms with Crippen LogP contribution in [0.2, 0.25) is 0 Å². The SMILES string of the molecule is O=C(c1ccc(F)c(O)c1)N1CC(N2CCCCC2)C1. The number of benzene rings is 1. The van der Waals surface area contributed by atoms with E-state index in [1.54, 1.807) is 4.90 Å². The molecule has 5 heteroatoms. The summed E-state index contributed by atoms with van der Waals surface area (Å²) in [6.07, 6.45) is 3.80. The summed E-state index contributed by atoms with van der Waals surface area (Å²) in [5.41, 5.74) is 0.348. The number of likely N-dealkylation sites (tertiary alicyclic amines) is 2. The number of phenolic OH excluding ortho intramolecular Hbond substituents is 1. The van der Waals surface area contributed by atoms with Gasteiger partial charge in [0.2, 0.25) is 0 Å². The number of hydrogen-bond donors (Lipinski definition) is 1. The van der Waals surface area contributed by atoms with E-state index in [-0.39, 0.29) is 5.91 Å². The van der Waals surface area contributed by atoms with Gasteiger partial charge in [0, 0.05) is 24.7 Å².